The van der Waals surface area contributed by atoms with E-state index >= 15 is 0 Å². The number of carbonyl (C=O) groups is 1. The molecule has 20 heavy (non-hydrogen) atoms. The number of hydrogen-bond donors (Lipinski definition) is 2. The summed E-state index contributed by atoms with van der Waals surface area (Å²) in [5.41, 5.74) is 0.961. The minimum Gasteiger partial charge on any atom is -0.477 e. The molecule has 7 nitrogen and oxygen atoms in total. The summed E-state index contributed by atoms with van der Waals surface area (Å²) in [5.74, 6) is 0.0863. The number of aliphatic carboxylic acids is 1. The van der Waals surface area contributed by atoms with E-state index < -0.39 is 5.97 Å². The molecule has 102 valence electrons. The monoisotopic (exact) mass is 271 g/mol. The highest BCUT2D eigenvalue weighted by molar-refractivity contribution is 5.90. The van der Waals surface area contributed by atoms with E-state index in [2.05, 4.69) is 20.4 Å². The number of aryl methyl sites for hydroxylation is 1. The molecular weight excluding hydrogens is 258 g/mol. The van der Waals surface area contributed by atoms with E-state index in [4.69, 9.17) is 0 Å². The van der Waals surface area contributed by atoms with Gasteiger partial charge in [0.15, 0.2) is 5.82 Å². The molecule has 1 aliphatic heterocycles. The Kier molecular flexibility index (Phi) is 2.94. The second-order valence-electron chi connectivity index (χ2n) is 4.39. The fourth-order valence-corrected chi connectivity index (χ4v) is 2.10. The Labute approximate surface area is 115 Å². The summed E-state index contributed by atoms with van der Waals surface area (Å²) in [4.78, 5) is 19.6. The molecule has 7 heteroatoms. The van der Waals surface area contributed by atoms with Crippen LogP contribution in [0.15, 0.2) is 36.3 Å². The largest absolute Gasteiger partial charge is 0.477 e. The molecule has 0 saturated heterocycles. The first-order chi connectivity index (χ1) is 9.69. The van der Waals surface area contributed by atoms with Crippen LogP contribution in [0.2, 0.25) is 0 Å². The maximum absolute atomic E-state index is 11.2. The Balaban J connectivity index is 2.11. The van der Waals surface area contributed by atoms with Crippen LogP contribution in [0.1, 0.15) is 24.4 Å². The van der Waals surface area contributed by atoms with Crippen molar-refractivity contribution in [3.05, 3.63) is 47.7 Å². The smallest absolute Gasteiger partial charge is 0.352 e. The molecule has 2 aromatic heterocycles. The number of hydrogen-bond acceptors (Lipinski definition) is 5. The van der Waals surface area contributed by atoms with Crippen molar-refractivity contribution in [3.63, 3.8) is 0 Å². The Hall–Kier alpha value is -2.70. The number of fused-ring (bicyclic) bond motifs is 1. The summed E-state index contributed by atoms with van der Waals surface area (Å²) in [6.45, 7) is 1.95. The summed E-state index contributed by atoms with van der Waals surface area (Å²) in [6, 6.07) is 3.37. The Morgan fingerprint density at radius 1 is 1.55 bits per heavy atom. The standard InChI is InChI=1S/C13H13N5O2/c1-2-11-16-13-15-9(12(19)20)6-10(18(13)17-11)8-4-3-5-14-7-8/h3-7,10H,2H2,1H3,(H,19,20)(H,15,16,17)/t10-/m1/s1. The number of nitrogens with zero attached hydrogens (tertiary/aromatic N) is 4. The van der Waals surface area contributed by atoms with Gasteiger partial charge < -0.3 is 10.4 Å². The number of allylic oxidation sites excluding steroid dienone is 1. The fourth-order valence-electron chi connectivity index (χ4n) is 2.10. The molecule has 0 bridgehead atoms. The van der Waals surface area contributed by atoms with Gasteiger partial charge >= 0.3 is 5.97 Å². The fraction of sp³-hybridized carbons (Fsp3) is 0.231. The minimum absolute atomic E-state index is 0.0985. The van der Waals surface area contributed by atoms with Gasteiger partial charge in [-0.25, -0.2) is 9.48 Å². The number of anilines is 1. The van der Waals surface area contributed by atoms with Crippen molar-refractivity contribution < 1.29 is 9.90 Å². The summed E-state index contributed by atoms with van der Waals surface area (Å²) in [6.07, 6.45) is 5.67. The summed E-state index contributed by atoms with van der Waals surface area (Å²) < 4.78 is 1.68. The topological polar surface area (TPSA) is 92.9 Å². The van der Waals surface area contributed by atoms with E-state index in [1.165, 1.54) is 0 Å². The molecule has 0 spiro atoms. The summed E-state index contributed by atoms with van der Waals surface area (Å²) >= 11 is 0. The van der Waals surface area contributed by atoms with Gasteiger partial charge in [0.2, 0.25) is 5.95 Å². The first-order valence-electron chi connectivity index (χ1n) is 6.26. The van der Waals surface area contributed by atoms with E-state index in [1.54, 1.807) is 23.2 Å². The zero-order chi connectivity index (χ0) is 14.1. The molecule has 2 aromatic rings. The highest BCUT2D eigenvalue weighted by Crippen LogP contribution is 2.28. The van der Waals surface area contributed by atoms with E-state index in [-0.39, 0.29) is 11.7 Å². The van der Waals surface area contributed by atoms with Gasteiger partial charge in [-0.2, -0.15) is 10.1 Å². The normalized spacial score (nSPS) is 17.1. The molecule has 2 N–H and O–H groups in total. The number of pyridine rings is 1. The van der Waals surface area contributed by atoms with Gasteiger partial charge in [0.25, 0.3) is 0 Å². The lowest BCUT2D eigenvalue weighted by molar-refractivity contribution is -0.132. The molecular formula is C13H13N5O2. The van der Waals surface area contributed by atoms with Gasteiger partial charge in [0.1, 0.15) is 11.7 Å². The third-order valence-electron chi connectivity index (χ3n) is 3.08. The van der Waals surface area contributed by atoms with Gasteiger partial charge in [-0.05, 0) is 17.7 Å². The molecule has 0 saturated carbocycles. The van der Waals surface area contributed by atoms with Crippen molar-refractivity contribution in [1.29, 1.82) is 0 Å². The van der Waals surface area contributed by atoms with Gasteiger partial charge in [0.05, 0.1) is 0 Å². The molecule has 1 atom stereocenters. The van der Waals surface area contributed by atoms with Crippen molar-refractivity contribution in [2.75, 3.05) is 5.32 Å². The number of carboxylic acid groups (broad SMARTS) is 1. The third-order valence-corrected chi connectivity index (χ3v) is 3.08. The molecule has 0 aromatic carbocycles. The van der Waals surface area contributed by atoms with E-state index in [0.717, 1.165) is 5.56 Å². The highest BCUT2D eigenvalue weighted by Gasteiger charge is 2.26. The number of carboxylic acids is 1. The predicted octanol–water partition coefficient (Wildman–Crippen LogP) is 1.22. The predicted molar refractivity (Wildman–Crippen MR) is 71.1 cm³/mol. The Bertz CT molecular complexity index is 677. The van der Waals surface area contributed by atoms with Crippen LogP contribution in [0, 0.1) is 0 Å². The Morgan fingerprint density at radius 3 is 3.05 bits per heavy atom. The van der Waals surface area contributed by atoms with E-state index in [1.807, 2.05) is 19.1 Å². The summed E-state index contributed by atoms with van der Waals surface area (Å²) in [5, 5.41) is 16.4. The van der Waals surface area contributed by atoms with Crippen molar-refractivity contribution in [3.8, 4) is 0 Å². The first kappa shape index (κ1) is 12.3. The maximum Gasteiger partial charge on any atom is 0.352 e. The highest BCUT2D eigenvalue weighted by atomic mass is 16.4. The molecule has 3 rings (SSSR count). The maximum atomic E-state index is 11.2. The first-order valence-corrected chi connectivity index (χ1v) is 6.26. The molecule has 1 aliphatic rings. The van der Waals surface area contributed by atoms with Gasteiger partial charge in [-0.3, -0.25) is 4.98 Å². The van der Waals surface area contributed by atoms with Crippen LogP contribution in [-0.2, 0) is 11.2 Å². The van der Waals surface area contributed by atoms with Gasteiger partial charge in [-0.1, -0.05) is 13.0 Å². The SMILES string of the molecule is CCc1nc2n(n1)[C@@H](c1cccnc1)C=C(C(=O)O)N2. The second kappa shape index (κ2) is 4.76. The van der Waals surface area contributed by atoms with Crippen molar-refractivity contribution in [2.24, 2.45) is 0 Å². The average Bonchev–Trinajstić information content (AvgIpc) is 2.90. The third kappa shape index (κ3) is 2.03. The molecule has 0 amide bonds. The van der Waals surface area contributed by atoms with Crippen LogP contribution >= 0.6 is 0 Å². The lowest BCUT2D eigenvalue weighted by Crippen LogP contribution is -2.24. The number of rotatable bonds is 3. The lowest BCUT2D eigenvalue weighted by atomic mass is 10.1. The van der Waals surface area contributed by atoms with Crippen LogP contribution in [0.3, 0.4) is 0 Å². The zero-order valence-electron chi connectivity index (χ0n) is 10.8. The quantitative estimate of drug-likeness (QED) is 0.871. The molecule has 0 fully saturated rings. The van der Waals surface area contributed by atoms with Crippen molar-refractivity contribution in [2.45, 2.75) is 19.4 Å². The van der Waals surface area contributed by atoms with Gasteiger partial charge in [-0.15, -0.1) is 0 Å². The minimum atomic E-state index is -1.02. The molecule has 0 radical (unpaired) electrons. The summed E-state index contributed by atoms with van der Waals surface area (Å²) in [7, 11) is 0. The number of aromatic nitrogens is 4. The van der Waals surface area contributed by atoms with Crippen LogP contribution in [-0.4, -0.2) is 30.8 Å². The van der Waals surface area contributed by atoms with Crippen LogP contribution in [0.5, 0.6) is 0 Å². The second-order valence-corrected chi connectivity index (χ2v) is 4.39. The number of nitrogens with one attached hydrogen (secondary N) is 1. The average molecular weight is 271 g/mol. The van der Waals surface area contributed by atoms with Crippen LogP contribution in [0.25, 0.3) is 0 Å². The van der Waals surface area contributed by atoms with Crippen molar-refractivity contribution in [1.82, 2.24) is 19.7 Å². The van der Waals surface area contributed by atoms with E-state index in [9.17, 15) is 9.90 Å². The molecule has 0 aliphatic carbocycles. The lowest BCUT2D eigenvalue weighted by Gasteiger charge is -2.22. The van der Waals surface area contributed by atoms with Crippen LogP contribution in [0.4, 0.5) is 5.95 Å². The van der Waals surface area contributed by atoms with Crippen LogP contribution < -0.4 is 5.32 Å². The van der Waals surface area contributed by atoms with Crippen molar-refractivity contribution >= 4 is 11.9 Å². The van der Waals surface area contributed by atoms with E-state index in [0.29, 0.717) is 18.2 Å². The molecule has 0 unspecified atom stereocenters. The molecule has 3 heterocycles. The zero-order valence-corrected chi connectivity index (χ0v) is 10.8. The van der Waals surface area contributed by atoms with Gasteiger partial charge in [0, 0.05) is 18.8 Å². The Morgan fingerprint density at radius 2 is 2.40 bits per heavy atom.